The molecule has 1 fully saturated rings. The Labute approximate surface area is 118 Å². The molecule has 1 unspecified atom stereocenters. The number of hydrogen-bond donors (Lipinski definition) is 2. The molecule has 1 atom stereocenters. The van der Waals surface area contributed by atoms with Crippen LogP contribution in [0.1, 0.15) is 29.6 Å². The highest BCUT2D eigenvalue weighted by molar-refractivity contribution is 9.10. The van der Waals surface area contributed by atoms with Gasteiger partial charge in [0.2, 0.25) is 0 Å². The van der Waals surface area contributed by atoms with Gasteiger partial charge in [-0.2, -0.15) is 0 Å². The number of halogens is 3. The average molecular weight is 334 g/mol. The lowest BCUT2D eigenvalue weighted by molar-refractivity contribution is 0.0923. The van der Waals surface area contributed by atoms with Crippen LogP contribution in [0.15, 0.2) is 16.6 Å². The van der Waals surface area contributed by atoms with Crippen LogP contribution < -0.4 is 5.32 Å². The zero-order valence-electron chi connectivity index (χ0n) is 10.1. The Hall–Kier alpha value is -1.01. The minimum Gasteiger partial charge on any atom is -0.396 e. The summed E-state index contributed by atoms with van der Waals surface area (Å²) in [5.41, 5.74) is 0.0579. The van der Waals surface area contributed by atoms with Crippen molar-refractivity contribution in [2.24, 2.45) is 5.92 Å². The van der Waals surface area contributed by atoms with Crippen LogP contribution >= 0.6 is 15.9 Å². The molecule has 3 nitrogen and oxygen atoms in total. The second-order valence-electron chi connectivity index (χ2n) is 4.68. The summed E-state index contributed by atoms with van der Waals surface area (Å²) < 4.78 is 26.3. The highest BCUT2D eigenvalue weighted by Crippen LogP contribution is 2.34. The van der Waals surface area contributed by atoms with Crippen LogP contribution in [0.5, 0.6) is 0 Å². The van der Waals surface area contributed by atoms with E-state index in [1.807, 2.05) is 0 Å². The van der Waals surface area contributed by atoms with Gasteiger partial charge in [0.05, 0.1) is 5.56 Å². The highest BCUT2D eigenvalue weighted by atomic mass is 79.9. The van der Waals surface area contributed by atoms with Crippen LogP contribution in [-0.2, 0) is 0 Å². The standard InChI is InChI=1S/C13H14BrF2NO2/c14-9-6-11(16)10(15)5-8(9)13(19)17-12(3-4-18)7-1-2-7/h5-7,12,18H,1-4H2,(H,17,19). The van der Waals surface area contributed by atoms with Crippen LogP contribution in [0.3, 0.4) is 0 Å². The Bertz CT molecular complexity index is 492. The topological polar surface area (TPSA) is 49.3 Å². The van der Waals surface area contributed by atoms with E-state index in [0.29, 0.717) is 12.3 Å². The minimum absolute atomic E-state index is 0.0135. The summed E-state index contributed by atoms with van der Waals surface area (Å²) in [6.07, 6.45) is 2.51. The van der Waals surface area contributed by atoms with Gasteiger partial charge < -0.3 is 10.4 Å². The number of carbonyl (C=O) groups excluding carboxylic acids is 1. The fraction of sp³-hybridized carbons (Fsp3) is 0.462. The first kappa shape index (κ1) is 14.4. The predicted octanol–water partition coefficient (Wildman–Crippen LogP) is 2.62. The molecule has 0 aliphatic heterocycles. The molecule has 1 amide bonds. The summed E-state index contributed by atoms with van der Waals surface area (Å²) in [6.45, 7) is -0.0135. The van der Waals surface area contributed by atoms with Crippen molar-refractivity contribution in [3.05, 3.63) is 33.8 Å². The third-order valence-corrected chi connectivity index (χ3v) is 3.86. The molecule has 1 aromatic rings. The molecule has 2 N–H and O–H groups in total. The Balaban J connectivity index is 2.12. The average Bonchev–Trinajstić information content (AvgIpc) is 3.17. The lowest BCUT2D eigenvalue weighted by Gasteiger charge is -2.17. The van der Waals surface area contributed by atoms with Gasteiger partial charge in [0, 0.05) is 17.1 Å². The van der Waals surface area contributed by atoms with Crippen LogP contribution in [0.25, 0.3) is 0 Å². The number of aliphatic hydroxyl groups excluding tert-OH is 1. The lowest BCUT2D eigenvalue weighted by Crippen LogP contribution is -2.37. The van der Waals surface area contributed by atoms with Crippen LogP contribution in [0, 0.1) is 17.6 Å². The minimum atomic E-state index is -1.06. The van der Waals surface area contributed by atoms with Gasteiger partial charge in [0.15, 0.2) is 11.6 Å². The second kappa shape index (κ2) is 5.96. The summed E-state index contributed by atoms with van der Waals surface area (Å²) in [5.74, 6) is -2.15. The molecule has 104 valence electrons. The molecule has 0 saturated heterocycles. The zero-order chi connectivity index (χ0) is 14.0. The Morgan fingerprint density at radius 1 is 1.42 bits per heavy atom. The summed E-state index contributed by atoms with van der Waals surface area (Å²) in [6, 6.07) is 1.69. The second-order valence-corrected chi connectivity index (χ2v) is 5.53. The van der Waals surface area contributed by atoms with Crippen LogP contribution in [0.2, 0.25) is 0 Å². The molecule has 1 saturated carbocycles. The number of benzene rings is 1. The smallest absolute Gasteiger partial charge is 0.252 e. The van der Waals surface area contributed by atoms with Crippen molar-refractivity contribution < 1.29 is 18.7 Å². The first-order chi connectivity index (χ1) is 9.02. The maximum absolute atomic E-state index is 13.2. The van der Waals surface area contributed by atoms with E-state index in [0.717, 1.165) is 25.0 Å². The third-order valence-electron chi connectivity index (χ3n) is 3.20. The fourth-order valence-corrected chi connectivity index (χ4v) is 2.50. The molecule has 0 bridgehead atoms. The van der Waals surface area contributed by atoms with E-state index in [1.54, 1.807) is 0 Å². The van der Waals surface area contributed by atoms with E-state index in [-0.39, 0.29) is 22.7 Å². The molecule has 1 aliphatic rings. The van der Waals surface area contributed by atoms with Crippen LogP contribution in [-0.4, -0.2) is 23.7 Å². The molecule has 19 heavy (non-hydrogen) atoms. The van der Waals surface area contributed by atoms with E-state index in [2.05, 4.69) is 21.2 Å². The number of hydrogen-bond acceptors (Lipinski definition) is 2. The lowest BCUT2D eigenvalue weighted by atomic mass is 10.1. The first-order valence-electron chi connectivity index (χ1n) is 6.09. The zero-order valence-corrected chi connectivity index (χ0v) is 11.7. The van der Waals surface area contributed by atoms with Crippen molar-refractivity contribution >= 4 is 21.8 Å². The van der Waals surface area contributed by atoms with E-state index in [4.69, 9.17) is 5.11 Å². The van der Waals surface area contributed by atoms with E-state index in [9.17, 15) is 13.6 Å². The molecule has 0 heterocycles. The Morgan fingerprint density at radius 3 is 2.63 bits per heavy atom. The fourth-order valence-electron chi connectivity index (χ4n) is 2.01. The molecule has 6 heteroatoms. The maximum Gasteiger partial charge on any atom is 0.252 e. The number of nitrogens with one attached hydrogen (secondary N) is 1. The number of amides is 1. The van der Waals surface area contributed by atoms with Crippen molar-refractivity contribution in [3.8, 4) is 0 Å². The molecule has 0 aromatic heterocycles. The van der Waals surface area contributed by atoms with Crippen molar-refractivity contribution in [2.75, 3.05) is 6.61 Å². The molecule has 1 aliphatic carbocycles. The monoisotopic (exact) mass is 333 g/mol. The van der Waals surface area contributed by atoms with Gasteiger partial charge in [0.25, 0.3) is 5.91 Å². The maximum atomic E-state index is 13.2. The van der Waals surface area contributed by atoms with E-state index < -0.39 is 17.5 Å². The van der Waals surface area contributed by atoms with Gasteiger partial charge in [-0.3, -0.25) is 4.79 Å². The summed E-state index contributed by atoms with van der Waals surface area (Å²) >= 11 is 3.05. The van der Waals surface area contributed by atoms with E-state index in [1.165, 1.54) is 0 Å². The Kier molecular flexibility index (Phi) is 4.52. The summed E-state index contributed by atoms with van der Waals surface area (Å²) in [5, 5.41) is 11.7. The van der Waals surface area contributed by atoms with Crippen molar-refractivity contribution in [3.63, 3.8) is 0 Å². The number of aliphatic hydroxyl groups is 1. The molecule has 0 radical (unpaired) electrons. The van der Waals surface area contributed by atoms with E-state index >= 15 is 0 Å². The molecular formula is C13H14BrF2NO2. The number of rotatable bonds is 5. The van der Waals surface area contributed by atoms with Crippen molar-refractivity contribution in [2.45, 2.75) is 25.3 Å². The Morgan fingerprint density at radius 2 is 2.05 bits per heavy atom. The van der Waals surface area contributed by atoms with Gasteiger partial charge in [0.1, 0.15) is 0 Å². The quantitative estimate of drug-likeness (QED) is 0.814. The largest absolute Gasteiger partial charge is 0.396 e. The van der Waals surface area contributed by atoms with Gasteiger partial charge in [-0.1, -0.05) is 0 Å². The van der Waals surface area contributed by atoms with Crippen molar-refractivity contribution in [1.82, 2.24) is 5.32 Å². The normalized spacial score (nSPS) is 16.2. The highest BCUT2D eigenvalue weighted by Gasteiger charge is 2.32. The number of carbonyl (C=O) groups is 1. The summed E-state index contributed by atoms with van der Waals surface area (Å²) in [4.78, 5) is 12.0. The molecular weight excluding hydrogens is 320 g/mol. The predicted molar refractivity (Wildman–Crippen MR) is 69.7 cm³/mol. The van der Waals surface area contributed by atoms with Gasteiger partial charge >= 0.3 is 0 Å². The molecule has 1 aromatic carbocycles. The SMILES string of the molecule is O=C(NC(CCO)C1CC1)c1cc(F)c(F)cc1Br. The van der Waals surface area contributed by atoms with Crippen molar-refractivity contribution in [1.29, 1.82) is 0 Å². The molecule has 0 spiro atoms. The molecule has 2 rings (SSSR count). The third kappa shape index (κ3) is 3.51. The summed E-state index contributed by atoms with van der Waals surface area (Å²) in [7, 11) is 0. The van der Waals surface area contributed by atoms with Gasteiger partial charge in [-0.05, 0) is 53.2 Å². The van der Waals surface area contributed by atoms with Gasteiger partial charge in [-0.15, -0.1) is 0 Å². The van der Waals surface area contributed by atoms with Crippen LogP contribution in [0.4, 0.5) is 8.78 Å². The van der Waals surface area contributed by atoms with Gasteiger partial charge in [-0.25, -0.2) is 8.78 Å². The first-order valence-corrected chi connectivity index (χ1v) is 6.88.